The van der Waals surface area contributed by atoms with E-state index in [1.165, 1.54) is 6.42 Å². The Bertz CT molecular complexity index is 352. The molecule has 16 heavy (non-hydrogen) atoms. The van der Waals surface area contributed by atoms with E-state index in [1.807, 2.05) is 7.05 Å². The minimum atomic E-state index is -0.00806. The molecular formula is C11H16ClN3O. The van der Waals surface area contributed by atoms with Gasteiger partial charge in [-0.05, 0) is 12.8 Å². The summed E-state index contributed by atoms with van der Waals surface area (Å²) in [6.07, 6.45) is 7.47. The maximum absolute atomic E-state index is 12.1. The van der Waals surface area contributed by atoms with Gasteiger partial charge < -0.3 is 4.90 Å². The highest BCUT2D eigenvalue weighted by atomic mass is 35.5. The highest BCUT2D eigenvalue weighted by molar-refractivity contribution is 6.21. The Morgan fingerprint density at radius 3 is 2.94 bits per heavy atom. The predicted octanol–water partition coefficient (Wildman–Crippen LogP) is 2.03. The molecule has 1 aromatic rings. The van der Waals surface area contributed by atoms with Crippen molar-refractivity contribution in [2.75, 3.05) is 7.05 Å². The number of aromatic nitrogens is 2. The third kappa shape index (κ3) is 2.21. The number of hydrogen-bond donors (Lipinski definition) is 1. The molecule has 0 aliphatic heterocycles. The fraction of sp³-hybridized carbons (Fsp3) is 0.636. The minimum Gasteiger partial charge on any atom is -0.337 e. The monoisotopic (exact) mass is 241 g/mol. The number of H-pyrrole nitrogens is 1. The van der Waals surface area contributed by atoms with E-state index in [9.17, 15) is 4.79 Å². The van der Waals surface area contributed by atoms with Gasteiger partial charge in [0.1, 0.15) is 0 Å². The number of hydrogen-bond acceptors (Lipinski definition) is 2. The Hall–Kier alpha value is -1.03. The van der Waals surface area contributed by atoms with E-state index in [4.69, 9.17) is 11.6 Å². The summed E-state index contributed by atoms with van der Waals surface area (Å²) in [6.45, 7) is 0. The molecule has 0 radical (unpaired) electrons. The smallest absolute Gasteiger partial charge is 0.257 e. The standard InChI is InChI=1S/C11H16ClN3O/c1-15(10-5-3-2-4-9(10)12)11(16)8-6-13-14-7-8/h6-7,9-10H,2-5H2,1H3,(H,13,14). The molecule has 2 unspecified atom stereocenters. The molecule has 0 aromatic carbocycles. The zero-order chi connectivity index (χ0) is 11.5. The SMILES string of the molecule is CN(C(=O)c1cn[nH]c1)C1CCCCC1Cl. The van der Waals surface area contributed by atoms with Crippen molar-refractivity contribution >= 4 is 17.5 Å². The van der Waals surface area contributed by atoms with Crippen LogP contribution in [0.1, 0.15) is 36.0 Å². The molecule has 88 valence electrons. The number of carbonyl (C=O) groups excluding carboxylic acids is 1. The van der Waals surface area contributed by atoms with Crippen LogP contribution in [-0.4, -0.2) is 39.5 Å². The fourth-order valence-corrected chi connectivity index (χ4v) is 2.67. The van der Waals surface area contributed by atoms with Gasteiger partial charge in [-0.1, -0.05) is 12.8 Å². The van der Waals surface area contributed by atoms with Gasteiger partial charge in [-0.15, -0.1) is 11.6 Å². The summed E-state index contributed by atoms with van der Waals surface area (Å²) in [4.78, 5) is 13.8. The molecule has 1 aliphatic rings. The van der Waals surface area contributed by atoms with E-state index in [-0.39, 0.29) is 17.3 Å². The molecule has 5 heteroatoms. The lowest BCUT2D eigenvalue weighted by atomic mass is 9.93. The fourth-order valence-electron chi connectivity index (χ4n) is 2.22. The normalized spacial score (nSPS) is 25.4. The second-order valence-corrected chi connectivity index (χ2v) is 4.83. The number of alkyl halides is 1. The van der Waals surface area contributed by atoms with Crippen LogP contribution in [0.5, 0.6) is 0 Å². The molecule has 0 bridgehead atoms. The predicted molar refractivity (Wildman–Crippen MR) is 62.6 cm³/mol. The molecule has 1 amide bonds. The van der Waals surface area contributed by atoms with Gasteiger partial charge in [0, 0.05) is 19.3 Å². The highest BCUT2D eigenvalue weighted by Crippen LogP contribution is 2.27. The van der Waals surface area contributed by atoms with Gasteiger partial charge in [0.05, 0.1) is 17.1 Å². The summed E-state index contributed by atoms with van der Waals surface area (Å²) in [7, 11) is 1.82. The lowest BCUT2D eigenvalue weighted by molar-refractivity contribution is 0.0700. The van der Waals surface area contributed by atoms with Gasteiger partial charge in [0.15, 0.2) is 0 Å². The van der Waals surface area contributed by atoms with Crippen molar-refractivity contribution < 1.29 is 4.79 Å². The molecular weight excluding hydrogens is 226 g/mol. The summed E-state index contributed by atoms with van der Waals surface area (Å²) < 4.78 is 0. The maximum atomic E-state index is 12.1. The van der Waals surface area contributed by atoms with Crippen molar-refractivity contribution in [1.29, 1.82) is 0 Å². The number of carbonyl (C=O) groups is 1. The Kier molecular flexibility index (Phi) is 3.49. The summed E-state index contributed by atoms with van der Waals surface area (Å²) in [6, 6.07) is 0.151. The van der Waals surface area contributed by atoms with Crippen molar-refractivity contribution in [2.45, 2.75) is 37.1 Å². The van der Waals surface area contributed by atoms with Crippen LogP contribution in [-0.2, 0) is 0 Å². The zero-order valence-corrected chi connectivity index (χ0v) is 10.1. The van der Waals surface area contributed by atoms with E-state index in [1.54, 1.807) is 17.3 Å². The number of halogens is 1. The van der Waals surface area contributed by atoms with Gasteiger partial charge >= 0.3 is 0 Å². The molecule has 1 aliphatic carbocycles. The second kappa shape index (κ2) is 4.87. The van der Waals surface area contributed by atoms with Crippen LogP contribution in [0.3, 0.4) is 0 Å². The van der Waals surface area contributed by atoms with Crippen LogP contribution in [0.15, 0.2) is 12.4 Å². The van der Waals surface area contributed by atoms with E-state index in [2.05, 4.69) is 10.2 Å². The highest BCUT2D eigenvalue weighted by Gasteiger charge is 2.29. The van der Waals surface area contributed by atoms with Crippen LogP contribution in [0, 0.1) is 0 Å². The first-order chi connectivity index (χ1) is 7.70. The van der Waals surface area contributed by atoms with Gasteiger partial charge in [0.2, 0.25) is 0 Å². The van der Waals surface area contributed by atoms with Crippen LogP contribution in [0.4, 0.5) is 0 Å². The number of rotatable bonds is 2. The Labute approximate surface area is 100.0 Å². The molecule has 1 N–H and O–H groups in total. The first-order valence-electron chi connectivity index (χ1n) is 5.60. The van der Waals surface area contributed by atoms with Crippen molar-refractivity contribution in [2.24, 2.45) is 0 Å². The zero-order valence-electron chi connectivity index (χ0n) is 9.32. The van der Waals surface area contributed by atoms with Gasteiger partial charge in [-0.3, -0.25) is 9.89 Å². The lowest BCUT2D eigenvalue weighted by Crippen LogP contribution is -2.44. The molecule has 1 saturated carbocycles. The van der Waals surface area contributed by atoms with E-state index < -0.39 is 0 Å². The summed E-state index contributed by atoms with van der Waals surface area (Å²) in [5.41, 5.74) is 0.594. The Morgan fingerprint density at radius 2 is 2.31 bits per heavy atom. The molecule has 1 fully saturated rings. The van der Waals surface area contributed by atoms with Crippen LogP contribution in [0.25, 0.3) is 0 Å². The van der Waals surface area contributed by atoms with E-state index in [0.29, 0.717) is 5.56 Å². The van der Waals surface area contributed by atoms with E-state index in [0.717, 1.165) is 19.3 Å². The quantitative estimate of drug-likeness (QED) is 0.806. The van der Waals surface area contributed by atoms with Crippen molar-refractivity contribution in [1.82, 2.24) is 15.1 Å². The van der Waals surface area contributed by atoms with Crippen molar-refractivity contribution in [3.05, 3.63) is 18.0 Å². The average Bonchev–Trinajstić information content (AvgIpc) is 2.81. The molecule has 2 atom stereocenters. The lowest BCUT2D eigenvalue weighted by Gasteiger charge is -2.34. The Balaban J connectivity index is 2.06. The molecule has 0 saturated heterocycles. The first kappa shape index (κ1) is 11.5. The minimum absolute atomic E-state index is 0.00806. The van der Waals surface area contributed by atoms with Crippen molar-refractivity contribution in [3.8, 4) is 0 Å². The van der Waals surface area contributed by atoms with Crippen LogP contribution in [0.2, 0.25) is 0 Å². The third-order valence-corrected chi connectivity index (χ3v) is 3.72. The van der Waals surface area contributed by atoms with E-state index >= 15 is 0 Å². The molecule has 4 nitrogen and oxygen atoms in total. The second-order valence-electron chi connectivity index (χ2n) is 4.27. The molecule has 1 aromatic heterocycles. The average molecular weight is 242 g/mol. The van der Waals surface area contributed by atoms with Crippen LogP contribution < -0.4 is 0 Å². The summed E-state index contributed by atoms with van der Waals surface area (Å²) >= 11 is 6.27. The molecule has 2 rings (SSSR count). The number of aromatic amines is 1. The number of nitrogens with one attached hydrogen (secondary N) is 1. The Morgan fingerprint density at radius 1 is 1.56 bits per heavy atom. The van der Waals surface area contributed by atoms with Gasteiger partial charge in [-0.2, -0.15) is 5.10 Å². The van der Waals surface area contributed by atoms with Crippen molar-refractivity contribution in [3.63, 3.8) is 0 Å². The number of nitrogens with zero attached hydrogens (tertiary/aromatic N) is 2. The number of amides is 1. The molecule has 1 heterocycles. The maximum Gasteiger partial charge on any atom is 0.257 e. The first-order valence-corrected chi connectivity index (χ1v) is 6.04. The summed E-state index contributed by atoms with van der Waals surface area (Å²) in [5, 5.41) is 6.51. The van der Waals surface area contributed by atoms with Gasteiger partial charge in [0.25, 0.3) is 5.91 Å². The van der Waals surface area contributed by atoms with Gasteiger partial charge in [-0.25, -0.2) is 0 Å². The molecule has 0 spiro atoms. The topological polar surface area (TPSA) is 49.0 Å². The summed E-state index contributed by atoms with van der Waals surface area (Å²) in [5.74, 6) is -0.00806. The largest absolute Gasteiger partial charge is 0.337 e. The van der Waals surface area contributed by atoms with Crippen LogP contribution >= 0.6 is 11.6 Å². The third-order valence-electron chi connectivity index (χ3n) is 3.21.